The minimum atomic E-state index is -0.639. The zero-order chi connectivity index (χ0) is 17.5. The fourth-order valence-corrected chi connectivity index (χ4v) is 2.61. The summed E-state index contributed by atoms with van der Waals surface area (Å²) in [6.07, 6.45) is 0.164. The monoisotopic (exact) mass is 340 g/mol. The SMILES string of the molecule is COC(=O)C[C@H]1CC[C@H](NC(=O)Nc2ccccc2F)[C@@H](CO)O1. The second kappa shape index (κ2) is 8.60. The lowest BCUT2D eigenvalue weighted by molar-refractivity contribution is -0.149. The smallest absolute Gasteiger partial charge is 0.319 e. The summed E-state index contributed by atoms with van der Waals surface area (Å²) in [5, 5.41) is 14.5. The molecule has 0 unspecified atom stereocenters. The first-order valence-electron chi connectivity index (χ1n) is 7.68. The van der Waals surface area contributed by atoms with Gasteiger partial charge in [0.15, 0.2) is 0 Å². The topological polar surface area (TPSA) is 96.9 Å². The predicted molar refractivity (Wildman–Crippen MR) is 84.0 cm³/mol. The number of hydrogen-bond donors (Lipinski definition) is 3. The molecule has 0 aliphatic carbocycles. The second-order valence-electron chi connectivity index (χ2n) is 5.52. The number of esters is 1. The van der Waals surface area contributed by atoms with Crippen molar-refractivity contribution in [2.24, 2.45) is 0 Å². The Balaban J connectivity index is 1.89. The van der Waals surface area contributed by atoms with Crippen LogP contribution in [0.4, 0.5) is 14.9 Å². The molecule has 132 valence electrons. The molecule has 24 heavy (non-hydrogen) atoms. The highest BCUT2D eigenvalue weighted by Crippen LogP contribution is 2.22. The zero-order valence-corrected chi connectivity index (χ0v) is 13.3. The maximum Gasteiger partial charge on any atom is 0.319 e. The minimum Gasteiger partial charge on any atom is -0.469 e. The Labute approximate surface area is 139 Å². The first-order valence-corrected chi connectivity index (χ1v) is 7.68. The number of nitrogens with one attached hydrogen (secondary N) is 2. The maximum absolute atomic E-state index is 13.5. The van der Waals surface area contributed by atoms with Gasteiger partial charge >= 0.3 is 12.0 Å². The van der Waals surface area contributed by atoms with Crippen LogP contribution < -0.4 is 10.6 Å². The number of rotatable bonds is 5. The van der Waals surface area contributed by atoms with Crippen molar-refractivity contribution in [3.63, 3.8) is 0 Å². The highest BCUT2D eigenvalue weighted by Gasteiger charge is 2.33. The van der Waals surface area contributed by atoms with Gasteiger partial charge in [-0.2, -0.15) is 0 Å². The van der Waals surface area contributed by atoms with Crippen molar-refractivity contribution in [2.75, 3.05) is 19.0 Å². The highest BCUT2D eigenvalue weighted by atomic mass is 19.1. The van der Waals surface area contributed by atoms with Crippen molar-refractivity contribution >= 4 is 17.7 Å². The van der Waals surface area contributed by atoms with Crippen molar-refractivity contribution in [3.8, 4) is 0 Å². The Morgan fingerprint density at radius 3 is 2.79 bits per heavy atom. The Kier molecular flexibility index (Phi) is 6.51. The van der Waals surface area contributed by atoms with E-state index in [1.54, 1.807) is 6.07 Å². The van der Waals surface area contributed by atoms with Crippen molar-refractivity contribution in [1.82, 2.24) is 5.32 Å². The number of aliphatic hydroxyl groups excluding tert-OH is 1. The van der Waals surface area contributed by atoms with Crippen LogP contribution in [0.25, 0.3) is 0 Å². The van der Waals surface area contributed by atoms with Gasteiger partial charge in [0.1, 0.15) is 11.9 Å². The van der Waals surface area contributed by atoms with E-state index in [0.29, 0.717) is 12.8 Å². The Bertz CT molecular complexity index is 583. The van der Waals surface area contributed by atoms with Gasteiger partial charge in [-0.1, -0.05) is 12.1 Å². The fourth-order valence-electron chi connectivity index (χ4n) is 2.61. The summed E-state index contributed by atoms with van der Waals surface area (Å²) in [5.74, 6) is -0.926. The van der Waals surface area contributed by atoms with Crippen molar-refractivity contribution < 1.29 is 28.6 Å². The van der Waals surface area contributed by atoms with E-state index in [4.69, 9.17) is 4.74 Å². The molecule has 1 aliphatic heterocycles. The number of para-hydroxylation sites is 1. The second-order valence-corrected chi connectivity index (χ2v) is 5.52. The van der Waals surface area contributed by atoms with Gasteiger partial charge < -0.3 is 25.2 Å². The number of amides is 2. The molecule has 1 saturated heterocycles. The number of methoxy groups -OCH3 is 1. The van der Waals surface area contributed by atoms with E-state index in [9.17, 15) is 19.1 Å². The molecular formula is C16H21FN2O5. The van der Waals surface area contributed by atoms with E-state index in [-0.39, 0.29) is 30.8 Å². The number of benzene rings is 1. The quantitative estimate of drug-likeness (QED) is 0.705. The molecule has 1 fully saturated rings. The Morgan fingerprint density at radius 2 is 2.12 bits per heavy atom. The summed E-state index contributed by atoms with van der Waals surface area (Å²) in [5.41, 5.74) is 0.0656. The number of hydrogen-bond acceptors (Lipinski definition) is 5. The lowest BCUT2D eigenvalue weighted by Crippen LogP contribution is -2.52. The van der Waals surface area contributed by atoms with Crippen LogP contribution in [-0.2, 0) is 14.3 Å². The zero-order valence-electron chi connectivity index (χ0n) is 13.3. The largest absolute Gasteiger partial charge is 0.469 e. The molecule has 0 spiro atoms. The van der Waals surface area contributed by atoms with Crippen LogP contribution in [0.3, 0.4) is 0 Å². The average Bonchev–Trinajstić information content (AvgIpc) is 2.58. The first kappa shape index (κ1) is 18.2. The van der Waals surface area contributed by atoms with Crippen LogP contribution >= 0.6 is 0 Å². The number of urea groups is 1. The van der Waals surface area contributed by atoms with E-state index < -0.39 is 24.0 Å². The highest BCUT2D eigenvalue weighted by molar-refractivity contribution is 5.89. The third-order valence-corrected chi connectivity index (χ3v) is 3.86. The maximum atomic E-state index is 13.5. The van der Waals surface area contributed by atoms with Gasteiger partial charge in [0.2, 0.25) is 0 Å². The summed E-state index contributed by atoms with van der Waals surface area (Å²) in [6, 6.07) is 4.80. The molecular weight excluding hydrogens is 319 g/mol. The third-order valence-electron chi connectivity index (χ3n) is 3.86. The van der Waals surface area contributed by atoms with Crippen LogP contribution in [0.1, 0.15) is 19.3 Å². The molecule has 1 aromatic carbocycles. The fraction of sp³-hybridized carbons (Fsp3) is 0.500. The van der Waals surface area contributed by atoms with Gasteiger partial charge in [-0.3, -0.25) is 4.79 Å². The number of carbonyl (C=O) groups excluding carboxylic acids is 2. The van der Waals surface area contributed by atoms with Gasteiger partial charge in [0, 0.05) is 0 Å². The van der Waals surface area contributed by atoms with E-state index in [0.717, 1.165) is 0 Å². The molecule has 1 heterocycles. The van der Waals surface area contributed by atoms with E-state index in [2.05, 4.69) is 15.4 Å². The first-order chi connectivity index (χ1) is 11.5. The summed E-state index contributed by atoms with van der Waals surface area (Å²) in [6.45, 7) is -0.303. The number of aliphatic hydroxyl groups is 1. The van der Waals surface area contributed by atoms with Gasteiger partial charge in [-0.15, -0.1) is 0 Å². The average molecular weight is 340 g/mol. The molecule has 3 atom stereocenters. The Morgan fingerprint density at radius 1 is 1.38 bits per heavy atom. The van der Waals surface area contributed by atoms with Crippen molar-refractivity contribution in [1.29, 1.82) is 0 Å². The van der Waals surface area contributed by atoms with Crippen molar-refractivity contribution in [3.05, 3.63) is 30.1 Å². The molecule has 7 nitrogen and oxygen atoms in total. The van der Waals surface area contributed by atoms with Crippen molar-refractivity contribution in [2.45, 2.75) is 37.5 Å². The lowest BCUT2D eigenvalue weighted by atomic mass is 9.97. The molecule has 0 radical (unpaired) electrons. The van der Waals surface area contributed by atoms with E-state index >= 15 is 0 Å². The predicted octanol–water partition coefficient (Wildman–Crippen LogP) is 1.42. The molecule has 0 saturated carbocycles. The molecule has 3 N–H and O–H groups in total. The van der Waals surface area contributed by atoms with E-state index in [1.807, 2.05) is 0 Å². The van der Waals surface area contributed by atoms with Gasteiger partial charge in [-0.25, -0.2) is 9.18 Å². The molecule has 2 rings (SSSR count). The minimum absolute atomic E-state index is 0.0656. The number of halogens is 1. The summed E-state index contributed by atoms with van der Waals surface area (Å²) >= 11 is 0. The number of ether oxygens (including phenoxy) is 2. The van der Waals surface area contributed by atoms with Crippen LogP contribution in [-0.4, -0.2) is 49.1 Å². The summed E-state index contributed by atoms with van der Waals surface area (Å²) in [7, 11) is 1.30. The summed E-state index contributed by atoms with van der Waals surface area (Å²) < 4.78 is 23.7. The standard InChI is InChI=1S/C16H21FN2O5/c1-23-15(21)8-10-6-7-13(14(9-20)24-10)19-16(22)18-12-5-3-2-4-11(12)17/h2-5,10,13-14,20H,6-9H2,1H3,(H2,18,19,22)/t10-,13+,14-/m1/s1. The van der Waals surface area contributed by atoms with Crippen LogP contribution in [0, 0.1) is 5.82 Å². The van der Waals surface area contributed by atoms with Crippen LogP contribution in [0.5, 0.6) is 0 Å². The van der Waals surface area contributed by atoms with Crippen LogP contribution in [0.15, 0.2) is 24.3 Å². The van der Waals surface area contributed by atoms with Gasteiger partial charge in [-0.05, 0) is 25.0 Å². The molecule has 1 aromatic rings. The molecule has 1 aliphatic rings. The molecule has 2 amide bonds. The third kappa shape index (κ3) is 4.90. The normalized spacial score (nSPS) is 23.4. The molecule has 0 aromatic heterocycles. The van der Waals surface area contributed by atoms with Crippen LogP contribution in [0.2, 0.25) is 0 Å². The lowest BCUT2D eigenvalue weighted by Gasteiger charge is -2.35. The Hall–Kier alpha value is -2.19. The van der Waals surface area contributed by atoms with Gasteiger partial charge in [0.25, 0.3) is 0 Å². The number of anilines is 1. The summed E-state index contributed by atoms with van der Waals surface area (Å²) in [4.78, 5) is 23.3. The molecule has 0 bridgehead atoms. The number of carbonyl (C=O) groups is 2. The van der Waals surface area contributed by atoms with E-state index in [1.165, 1.54) is 25.3 Å². The van der Waals surface area contributed by atoms with Gasteiger partial charge in [0.05, 0.1) is 38.0 Å². The molecule has 8 heteroatoms.